The van der Waals surface area contributed by atoms with E-state index in [2.05, 4.69) is 4.98 Å². The predicted octanol–water partition coefficient (Wildman–Crippen LogP) is 1.22. The fourth-order valence-corrected chi connectivity index (χ4v) is 6.79. The highest BCUT2D eigenvalue weighted by molar-refractivity contribution is 7.92. The summed E-state index contributed by atoms with van der Waals surface area (Å²) < 4.78 is 30.5. The monoisotopic (exact) mass is 509 g/mol. The number of aromatic nitrogens is 1. The Morgan fingerprint density at radius 2 is 1.66 bits per heavy atom. The minimum Gasteiger partial charge on any atom is -0.496 e. The molecule has 0 bridgehead atoms. The van der Waals surface area contributed by atoms with Crippen LogP contribution in [0.25, 0.3) is 10.9 Å². The average Bonchev–Trinajstić information content (AvgIpc) is 3.30. The Balaban J connectivity index is 0.000000473. The van der Waals surface area contributed by atoms with Crippen LogP contribution in [0.4, 0.5) is 0 Å². The van der Waals surface area contributed by atoms with Crippen LogP contribution in [0, 0.1) is 5.92 Å². The molecular weight excluding hydrogens is 478 g/mol. The van der Waals surface area contributed by atoms with Crippen molar-refractivity contribution in [3.63, 3.8) is 0 Å². The maximum Gasteiger partial charge on any atom is 0.300 e. The topological polar surface area (TPSA) is 154 Å². The fourth-order valence-electron chi connectivity index (χ4n) is 4.32. The molecule has 35 heavy (non-hydrogen) atoms. The normalized spacial score (nSPS) is 21.9. The summed E-state index contributed by atoms with van der Waals surface area (Å²) in [6.45, 7) is 2.83. The van der Waals surface area contributed by atoms with Gasteiger partial charge in [-0.2, -0.15) is 0 Å². The van der Waals surface area contributed by atoms with Crippen molar-refractivity contribution in [3.8, 4) is 5.75 Å². The van der Waals surface area contributed by atoms with E-state index in [0.29, 0.717) is 17.8 Å². The van der Waals surface area contributed by atoms with Crippen LogP contribution < -0.4 is 4.74 Å². The summed E-state index contributed by atoms with van der Waals surface area (Å²) in [7, 11) is 2.15. The zero-order chi connectivity index (χ0) is 26.5. The van der Waals surface area contributed by atoms with Crippen LogP contribution in [-0.4, -0.2) is 103 Å². The number of sulfone groups is 1. The number of carbonyl (C=O) groups is 3. The van der Waals surface area contributed by atoms with Crippen LogP contribution >= 0.6 is 0 Å². The van der Waals surface area contributed by atoms with Gasteiger partial charge in [-0.1, -0.05) is 12.1 Å². The Morgan fingerprint density at radius 1 is 1.09 bits per heavy atom. The van der Waals surface area contributed by atoms with Gasteiger partial charge in [0, 0.05) is 50.3 Å². The lowest BCUT2D eigenvalue weighted by molar-refractivity contribution is -0.135. The van der Waals surface area contributed by atoms with Crippen LogP contribution in [0.3, 0.4) is 0 Å². The van der Waals surface area contributed by atoms with Gasteiger partial charge in [0.25, 0.3) is 17.8 Å². The highest BCUT2D eigenvalue weighted by Gasteiger charge is 2.53. The maximum atomic E-state index is 13.1. The maximum absolute atomic E-state index is 13.1. The van der Waals surface area contributed by atoms with Crippen molar-refractivity contribution in [2.75, 3.05) is 40.0 Å². The third-order valence-electron chi connectivity index (χ3n) is 5.74. The van der Waals surface area contributed by atoms with Crippen molar-refractivity contribution in [2.45, 2.75) is 25.1 Å². The summed E-state index contributed by atoms with van der Waals surface area (Å²) in [6, 6.07) is 9.05. The molecule has 2 aromatic rings. The first kappa shape index (κ1) is 28.0. The largest absolute Gasteiger partial charge is 0.496 e. The molecule has 2 fully saturated rings. The summed E-state index contributed by atoms with van der Waals surface area (Å²) in [5.41, 5.74) is 0.961. The molecule has 1 aromatic carbocycles. The summed E-state index contributed by atoms with van der Waals surface area (Å²) >= 11 is 0. The standard InChI is InChI=1S/C19H23N3O4S.2C2H4O2/c1-21(2)16-11-27(24,25)18-10-22(9-13(16)18)19(23)15-8-17(26-3)12-6-4-5-7-14(12)20-15;2*1-2(3)4/h4-8,13,16,18H,9-11H2,1-3H3;2*1H3,(H,3,4)/t13-,16+,18-;;/m0../s1. The van der Waals surface area contributed by atoms with E-state index in [0.717, 1.165) is 19.2 Å². The molecule has 0 aliphatic carbocycles. The van der Waals surface area contributed by atoms with E-state index in [1.165, 1.54) is 0 Å². The van der Waals surface area contributed by atoms with Crippen LogP contribution in [-0.2, 0) is 19.4 Å². The zero-order valence-electron chi connectivity index (χ0n) is 20.3. The number of methoxy groups -OCH3 is 1. The Labute approximate surface area is 204 Å². The molecule has 192 valence electrons. The van der Waals surface area contributed by atoms with Gasteiger partial charge < -0.3 is 24.7 Å². The molecule has 2 aliphatic heterocycles. The van der Waals surface area contributed by atoms with Gasteiger partial charge in [0.05, 0.1) is 23.6 Å². The minimum atomic E-state index is -3.19. The lowest BCUT2D eigenvalue weighted by atomic mass is 10.00. The average molecular weight is 510 g/mol. The van der Waals surface area contributed by atoms with Gasteiger partial charge in [-0.3, -0.25) is 14.4 Å². The van der Waals surface area contributed by atoms with Gasteiger partial charge in [-0.15, -0.1) is 0 Å². The predicted molar refractivity (Wildman–Crippen MR) is 129 cm³/mol. The first-order valence-electron chi connectivity index (χ1n) is 10.8. The van der Waals surface area contributed by atoms with E-state index >= 15 is 0 Å². The van der Waals surface area contributed by atoms with Crippen molar-refractivity contribution in [3.05, 3.63) is 36.0 Å². The molecule has 1 aromatic heterocycles. The second-order valence-electron chi connectivity index (χ2n) is 8.54. The number of nitrogens with zero attached hydrogens (tertiary/aromatic N) is 3. The first-order valence-corrected chi connectivity index (χ1v) is 12.5. The molecule has 0 unspecified atom stereocenters. The number of hydrogen-bond acceptors (Lipinski definition) is 8. The Kier molecular flexibility index (Phi) is 9.16. The van der Waals surface area contributed by atoms with Gasteiger partial charge in [0.15, 0.2) is 9.84 Å². The van der Waals surface area contributed by atoms with E-state index in [9.17, 15) is 13.2 Å². The number of likely N-dealkylation sites (tertiary alicyclic amines) is 1. The van der Waals surface area contributed by atoms with Crippen molar-refractivity contribution < 1.29 is 37.8 Å². The number of rotatable bonds is 3. The minimum absolute atomic E-state index is 0.0584. The molecule has 0 spiro atoms. The molecule has 1 amide bonds. The highest BCUT2D eigenvalue weighted by Crippen LogP contribution is 2.36. The summed E-state index contributed by atoms with van der Waals surface area (Å²) in [5, 5.41) is 15.2. The van der Waals surface area contributed by atoms with Gasteiger partial charge >= 0.3 is 0 Å². The molecule has 2 N–H and O–H groups in total. The zero-order valence-corrected chi connectivity index (χ0v) is 21.2. The number of benzene rings is 1. The lowest BCUT2D eigenvalue weighted by Crippen LogP contribution is -2.38. The summed E-state index contributed by atoms with van der Waals surface area (Å²) in [5.74, 6) is -1.22. The molecule has 2 aliphatic rings. The number of amides is 1. The first-order chi connectivity index (χ1) is 16.3. The van der Waals surface area contributed by atoms with Crippen LogP contribution in [0.5, 0.6) is 5.75 Å². The summed E-state index contributed by atoms with van der Waals surface area (Å²) in [4.78, 5) is 39.1. The number of fused-ring (bicyclic) bond motifs is 2. The molecule has 3 atom stereocenters. The van der Waals surface area contributed by atoms with Gasteiger partial charge in [0.1, 0.15) is 11.4 Å². The number of pyridine rings is 1. The Hall–Kier alpha value is -3.25. The van der Waals surface area contributed by atoms with Crippen LogP contribution in [0.2, 0.25) is 0 Å². The number of aliphatic carboxylic acids is 2. The molecule has 12 heteroatoms. The van der Waals surface area contributed by atoms with E-state index < -0.39 is 27.0 Å². The fraction of sp³-hybridized carbons (Fsp3) is 0.478. The van der Waals surface area contributed by atoms with E-state index in [1.807, 2.05) is 43.3 Å². The molecule has 4 rings (SSSR count). The van der Waals surface area contributed by atoms with Gasteiger partial charge in [0.2, 0.25) is 0 Å². The Morgan fingerprint density at radius 3 is 2.20 bits per heavy atom. The SMILES string of the molecule is CC(=O)O.CC(=O)O.COc1cc(C(=O)N2C[C@H]3[C@H](N(C)C)CS(=O)(=O)[C@H]3C2)nc2ccccc12. The van der Waals surface area contributed by atoms with E-state index in [1.54, 1.807) is 18.1 Å². The van der Waals surface area contributed by atoms with Gasteiger partial charge in [-0.25, -0.2) is 13.4 Å². The van der Waals surface area contributed by atoms with Crippen LogP contribution in [0.1, 0.15) is 24.3 Å². The number of para-hydroxylation sites is 1. The van der Waals surface area contributed by atoms with Crippen molar-refractivity contribution in [1.29, 1.82) is 0 Å². The molecule has 0 saturated carbocycles. The number of carbonyl (C=O) groups excluding carboxylic acids is 1. The molecule has 2 saturated heterocycles. The van der Waals surface area contributed by atoms with Gasteiger partial charge in [-0.05, 0) is 26.2 Å². The highest BCUT2D eigenvalue weighted by atomic mass is 32.2. The quantitative estimate of drug-likeness (QED) is 0.617. The van der Waals surface area contributed by atoms with Crippen molar-refractivity contribution >= 4 is 38.6 Å². The smallest absolute Gasteiger partial charge is 0.300 e. The summed E-state index contributed by atoms with van der Waals surface area (Å²) in [6.07, 6.45) is 0. The third kappa shape index (κ3) is 6.89. The molecule has 11 nitrogen and oxygen atoms in total. The third-order valence-corrected chi connectivity index (χ3v) is 7.96. The van der Waals surface area contributed by atoms with Crippen molar-refractivity contribution in [2.24, 2.45) is 5.92 Å². The number of carboxylic acid groups (broad SMARTS) is 2. The van der Waals surface area contributed by atoms with Crippen molar-refractivity contribution in [1.82, 2.24) is 14.8 Å². The molecule has 0 radical (unpaired) electrons. The van der Waals surface area contributed by atoms with E-state index in [4.69, 9.17) is 24.5 Å². The van der Waals surface area contributed by atoms with E-state index in [-0.39, 0.29) is 35.9 Å². The van der Waals surface area contributed by atoms with Crippen LogP contribution in [0.15, 0.2) is 30.3 Å². The molecule has 3 heterocycles. The lowest BCUT2D eigenvalue weighted by Gasteiger charge is -2.25. The second-order valence-corrected chi connectivity index (χ2v) is 10.8. The number of hydrogen-bond donors (Lipinski definition) is 2. The Bertz CT molecular complexity index is 1180. The number of carboxylic acids is 2. The molecular formula is C23H31N3O8S. The number of ether oxygens (including phenoxy) is 1. The second kappa shape index (κ2) is 11.5.